The zero-order chi connectivity index (χ0) is 19.9. The summed E-state index contributed by atoms with van der Waals surface area (Å²) in [7, 11) is 0. The normalized spacial score (nSPS) is 30.0. The van der Waals surface area contributed by atoms with Crippen molar-refractivity contribution in [1.29, 1.82) is 0 Å². The number of hydrogen-bond donors (Lipinski definition) is 2. The van der Waals surface area contributed by atoms with Gasteiger partial charge in [0.05, 0.1) is 6.54 Å². The quantitative estimate of drug-likeness (QED) is 0.619. The Hall–Kier alpha value is -1.92. The van der Waals surface area contributed by atoms with E-state index < -0.39 is 17.7 Å². The summed E-state index contributed by atoms with van der Waals surface area (Å²) in [4.78, 5) is 26.0. The number of ether oxygens (including phenoxy) is 1. The molecule has 3 aliphatic heterocycles. The molecule has 28 heavy (non-hydrogen) atoms. The standard InChI is InChI=1S/C22H31N3O3/c1-22(2,3)28-21(27)24-18-12-16-6-4-5-7-17(16)19-14-25(19,20(18)26)13-15-8-10-23-11-9-15/h4-7,15,18-19,23H,8-14H2,1-3H3/p+1. The number of hydrogen-bond acceptors (Lipinski definition) is 4. The van der Waals surface area contributed by atoms with Gasteiger partial charge in [-0.25, -0.2) is 14.1 Å². The van der Waals surface area contributed by atoms with Crippen LogP contribution >= 0.6 is 0 Å². The van der Waals surface area contributed by atoms with E-state index in [1.54, 1.807) is 0 Å². The Morgan fingerprint density at radius 3 is 2.68 bits per heavy atom. The predicted molar refractivity (Wildman–Crippen MR) is 107 cm³/mol. The summed E-state index contributed by atoms with van der Waals surface area (Å²) in [5.41, 5.74) is 1.86. The van der Waals surface area contributed by atoms with Gasteiger partial charge < -0.3 is 15.4 Å². The first-order chi connectivity index (χ1) is 13.3. The zero-order valence-electron chi connectivity index (χ0n) is 17.2. The first-order valence-corrected chi connectivity index (χ1v) is 10.5. The van der Waals surface area contributed by atoms with Gasteiger partial charge in [0.1, 0.15) is 12.1 Å². The molecule has 4 rings (SSSR count). The van der Waals surface area contributed by atoms with Crippen molar-refractivity contribution in [1.82, 2.24) is 10.6 Å². The molecule has 0 aromatic heterocycles. The fourth-order valence-electron chi connectivity index (χ4n) is 4.91. The molecule has 0 spiro atoms. The van der Waals surface area contributed by atoms with E-state index in [4.69, 9.17) is 4.74 Å². The van der Waals surface area contributed by atoms with Crippen molar-refractivity contribution in [3.8, 4) is 0 Å². The van der Waals surface area contributed by atoms with Crippen LogP contribution in [0.3, 0.4) is 0 Å². The van der Waals surface area contributed by atoms with Gasteiger partial charge in [-0.15, -0.1) is 0 Å². The number of carbonyl (C=O) groups is 2. The molecule has 2 amide bonds. The van der Waals surface area contributed by atoms with Crippen LogP contribution in [0.25, 0.3) is 0 Å². The van der Waals surface area contributed by atoms with Crippen LogP contribution in [0.1, 0.15) is 50.8 Å². The molecule has 0 radical (unpaired) electrons. The van der Waals surface area contributed by atoms with E-state index in [1.807, 2.05) is 26.8 Å². The molecular formula is C22H32N3O3+. The predicted octanol–water partition coefficient (Wildman–Crippen LogP) is 2.53. The highest BCUT2D eigenvalue weighted by Gasteiger charge is 2.65. The van der Waals surface area contributed by atoms with Gasteiger partial charge in [-0.3, -0.25) is 0 Å². The van der Waals surface area contributed by atoms with E-state index >= 15 is 0 Å². The van der Waals surface area contributed by atoms with Crippen molar-refractivity contribution in [3.05, 3.63) is 35.4 Å². The molecule has 3 aliphatic rings. The van der Waals surface area contributed by atoms with E-state index in [0.717, 1.165) is 39.0 Å². The first kappa shape index (κ1) is 19.4. The van der Waals surface area contributed by atoms with Crippen LogP contribution in [-0.4, -0.2) is 54.3 Å². The van der Waals surface area contributed by atoms with E-state index in [0.29, 0.717) is 16.8 Å². The average molecular weight is 387 g/mol. The topological polar surface area (TPSA) is 67.4 Å². The van der Waals surface area contributed by atoms with Crippen molar-refractivity contribution < 1.29 is 18.8 Å². The van der Waals surface area contributed by atoms with Crippen LogP contribution in [0, 0.1) is 5.92 Å². The minimum absolute atomic E-state index is 0.144. The van der Waals surface area contributed by atoms with Crippen molar-refractivity contribution in [2.45, 2.75) is 57.7 Å². The monoisotopic (exact) mass is 386 g/mol. The lowest BCUT2D eigenvalue weighted by atomic mass is 9.97. The summed E-state index contributed by atoms with van der Waals surface area (Å²) in [6.45, 7) is 9.30. The van der Waals surface area contributed by atoms with E-state index in [9.17, 15) is 9.59 Å². The number of amides is 2. The molecule has 1 aromatic rings. The fourth-order valence-corrected chi connectivity index (χ4v) is 4.91. The van der Waals surface area contributed by atoms with E-state index in [1.165, 1.54) is 11.1 Å². The number of alkyl carbamates (subject to hydrolysis) is 1. The molecule has 6 heteroatoms. The third kappa shape index (κ3) is 3.80. The minimum Gasteiger partial charge on any atom is -0.444 e. The molecule has 6 nitrogen and oxygen atoms in total. The van der Waals surface area contributed by atoms with Gasteiger partial charge in [0.2, 0.25) is 0 Å². The summed E-state index contributed by atoms with van der Waals surface area (Å²) in [6, 6.07) is 8.03. The molecule has 0 aliphatic carbocycles. The molecule has 3 atom stereocenters. The van der Waals surface area contributed by atoms with Gasteiger partial charge in [-0.05, 0) is 52.3 Å². The van der Waals surface area contributed by atoms with Crippen LogP contribution in [0.5, 0.6) is 0 Å². The SMILES string of the molecule is CC(C)(C)OC(=O)NC1Cc2ccccc2C2C[N+]2(CC2CCNCC2)C1=O. The number of piperidine rings is 1. The number of fused-ring (bicyclic) bond motifs is 3. The summed E-state index contributed by atoms with van der Waals surface area (Å²) >= 11 is 0. The third-order valence-electron chi connectivity index (χ3n) is 6.27. The molecule has 0 bridgehead atoms. The Kier molecular flexibility index (Phi) is 4.96. The average Bonchev–Trinajstić information content (AvgIpc) is 3.35. The summed E-state index contributed by atoms with van der Waals surface area (Å²) in [6.07, 6.45) is 2.26. The maximum atomic E-state index is 13.6. The van der Waals surface area contributed by atoms with Gasteiger partial charge in [0.25, 0.3) is 0 Å². The molecule has 2 fully saturated rings. The van der Waals surface area contributed by atoms with Gasteiger partial charge in [0.15, 0.2) is 12.1 Å². The molecule has 2 saturated heterocycles. The van der Waals surface area contributed by atoms with Gasteiger partial charge in [-0.1, -0.05) is 24.3 Å². The Balaban J connectivity index is 1.59. The maximum absolute atomic E-state index is 13.6. The zero-order valence-corrected chi connectivity index (χ0v) is 17.2. The fraction of sp³-hybridized carbons (Fsp3) is 0.636. The largest absolute Gasteiger partial charge is 0.444 e. The second-order valence-electron chi connectivity index (χ2n) is 9.55. The molecular weight excluding hydrogens is 354 g/mol. The Morgan fingerprint density at radius 1 is 1.25 bits per heavy atom. The van der Waals surface area contributed by atoms with Gasteiger partial charge in [-0.2, -0.15) is 0 Å². The van der Waals surface area contributed by atoms with Crippen molar-refractivity contribution in [2.24, 2.45) is 5.92 Å². The van der Waals surface area contributed by atoms with Crippen LogP contribution in [0.15, 0.2) is 24.3 Å². The first-order valence-electron chi connectivity index (χ1n) is 10.5. The van der Waals surface area contributed by atoms with Gasteiger partial charge >= 0.3 is 12.0 Å². The number of rotatable bonds is 3. The summed E-state index contributed by atoms with van der Waals surface area (Å²) < 4.78 is 5.92. The lowest BCUT2D eigenvalue weighted by Gasteiger charge is -2.29. The highest BCUT2D eigenvalue weighted by atomic mass is 16.6. The molecule has 0 saturated carbocycles. The van der Waals surface area contributed by atoms with Crippen molar-refractivity contribution in [2.75, 3.05) is 26.2 Å². The molecule has 3 heterocycles. The maximum Gasteiger partial charge on any atom is 0.408 e. The van der Waals surface area contributed by atoms with Crippen LogP contribution in [-0.2, 0) is 16.0 Å². The van der Waals surface area contributed by atoms with E-state index in [2.05, 4.69) is 28.8 Å². The highest BCUT2D eigenvalue weighted by molar-refractivity contribution is 5.83. The lowest BCUT2D eigenvalue weighted by molar-refractivity contribution is -0.743. The van der Waals surface area contributed by atoms with Gasteiger partial charge in [0, 0.05) is 17.9 Å². The molecule has 1 aromatic carbocycles. The smallest absolute Gasteiger partial charge is 0.408 e. The van der Waals surface area contributed by atoms with Crippen LogP contribution in [0.4, 0.5) is 4.79 Å². The molecule has 2 N–H and O–H groups in total. The third-order valence-corrected chi connectivity index (χ3v) is 6.27. The highest BCUT2D eigenvalue weighted by Crippen LogP contribution is 2.50. The number of benzene rings is 1. The Labute approximate surface area is 167 Å². The number of nitrogens with one attached hydrogen (secondary N) is 2. The van der Waals surface area contributed by atoms with Crippen LogP contribution < -0.4 is 10.6 Å². The number of quaternary nitrogens is 1. The second kappa shape index (κ2) is 7.16. The van der Waals surface area contributed by atoms with Crippen LogP contribution in [0.2, 0.25) is 0 Å². The Morgan fingerprint density at radius 2 is 1.96 bits per heavy atom. The number of carbonyl (C=O) groups excluding carboxylic acids is 2. The number of nitrogens with zero attached hydrogens (tertiary/aromatic N) is 1. The Bertz CT molecular complexity index is 767. The minimum atomic E-state index is -0.584. The molecule has 3 unspecified atom stereocenters. The van der Waals surface area contributed by atoms with Crippen molar-refractivity contribution in [3.63, 3.8) is 0 Å². The van der Waals surface area contributed by atoms with E-state index in [-0.39, 0.29) is 11.9 Å². The lowest BCUT2D eigenvalue weighted by Crippen LogP contribution is -2.53. The summed E-state index contributed by atoms with van der Waals surface area (Å²) in [5, 5.41) is 6.29. The summed E-state index contributed by atoms with van der Waals surface area (Å²) in [5.74, 6) is 0.702. The molecule has 152 valence electrons. The van der Waals surface area contributed by atoms with Crippen molar-refractivity contribution >= 4 is 12.0 Å². The second-order valence-corrected chi connectivity index (χ2v) is 9.55.